The van der Waals surface area contributed by atoms with Crippen LogP contribution in [0, 0.1) is 6.92 Å². The largest absolute Gasteiger partial charge is 0.392 e. The Morgan fingerprint density at radius 3 is 2.59 bits per heavy atom. The number of nitrogens with two attached hydrogens (primary N) is 1. The van der Waals surface area contributed by atoms with Crippen molar-refractivity contribution in [1.82, 2.24) is 20.2 Å². The summed E-state index contributed by atoms with van der Waals surface area (Å²) in [7, 11) is 0. The molecular weight excluding hydrogens is 490 g/mol. The van der Waals surface area contributed by atoms with Crippen LogP contribution in [0.4, 0.5) is 5.82 Å². The number of rotatable bonds is 8. The number of anilines is 1. The summed E-state index contributed by atoms with van der Waals surface area (Å²) in [6.07, 6.45) is 2.46. The van der Waals surface area contributed by atoms with Gasteiger partial charge < -0.3 is 20.9 Å². The third-order valence-electron chi connectivity index (χ3n) is 5.70. The number of aromatic nitrogens is 2. The molecule has 4 aromatic rings. The molecular formula is C27H27N5O4S. The highest BCUT2D eigenvalue weighted by atomic mass is 32.2. The number of benzene rings is 2. The van der Waals surface area contributed by atoms with Gasteiger partial charge >= 0.3 is 0 Å². The molecule has 0 unspecified atom stereocenters. The van der Waals surface area contributed by atoms with Crippen LogP contribution in [0.3, 0.4) is 0 Å². The van der Waals surface area contributed by atoms with Crippen molar-refractivity contribution in [3.05, 3.63) is 76.2 Å². The van der Waals surface area contributed by atoms with E-state index in [0.717, 1.165) is 51.5 Å². The molecule has 0 saturated carbocycles. The molecule has 1 amide bonds. The molecule has 9 nitrogen and oxygen atoms in total. The fraction of sp³-hybridized carbons (Fsp3) is 0.185. The summed E-state index contributed by atoms with van der Waals surface area (Å²) in [5, 5.41) is 3.55. The van der Waals surface area contributed by atoms with E-state index in [0.29, 0.717) is 23.5 Å². The van der Waals surface area contributed by atoms with E-state index in [4.69, 9.17) is 10.6 Å². The van der Waals surface area contributed by atoms with Gasteiger partial charge in [0.15, 0.2) is 0 Å². The molecule has 0 fully saturated rings. The summed E-state index contributed by atoms with van der Waals surface area (Å²) in [5.74, 6) is 0.317. The summed E-state index contributed by atoms with van der Waals surface area (Å²) < 4.78 is 0. The van der Waals surface area contributed by atoms with E-state index >= 15 is 0 Å². The Labute approximate surface area is 217 Å². The maximum absolute atomic E-state index is 12.4. The Bertz CT molecular complexity index is 1550. The molecule has 2 aromatic carbocycles. The zero-order chi connectivity index (χ0) is 26.5. The number of fused-ring (bicyclic) bond motifs is 1. The summed E-state index contributed by atoms with van der Waals surface area (Å²) in [6, 6.07) is 14.8. The van der Waals surface area contributed by atoms with Crippen LogP contribution in [0.1, 0.15) is 36.2 Å². The van der Waals surface area contributed by atoms with Gasteiger partial charge in [0.1, 0.15) is 5.82 Å². The molecule has 0 aliphatic carbocycles. The zero-order valence-corrected chi connectivity index (χ0v) is 21.5. The summed E-state index contributed by atoms with van der Waals surface area (Å²) >= 11 is 0.740. The number of carbonyl (C=O) groups is 2. The summed E-state index contributed by atoms with van der Waals surface area (Å²) in [6.45, 7) is 5.91. The number of nitrogens with one attached hydrogen (secondary N) is 3. The van der Waals surface area contributed by atoms with Gasteiger partial charge in [0.2, 0.25) is 10.9 Å². The molecule has 190 valence electrons. The predicted molar refractivity (Wildman–Crippen MR) is 147 cm³/mol. The van der Waals surface area contributed by atoms with Gasteiger partial charge in [-0.05, 0) is 60.4 Å². The minimum absolute atomic E-state index is 0.0287. The topological polar surface area (TPSA) is 139 Å². The van der Waals surface area contributed by atoms with Crippen LogP contribution < -0.4 is 26.3 Å². The van der Waals surface area contributed by atoms with Gasteiger partial charge in [0.25, 0.3) is 11.5 Å². The second-order valence-corrected chi connectivity index (χ2v) is 9.42. The van der Waals surface area contributed by atoms with Gasteiger partial charge in [-0.15, -0.1) is 0 Å². The number of hydrogen-bond acceptors (Lipinski definition) is 8. The average Bonchev–Trinajstić information content (AvgIpc) is 2.87. The molecule has 0 bridgehead atoms. The molecule has 37 heavy (non-hydrogen) atoms. The number of pyridine rings is 2. The van der Waals surface area contributed by atoms with Gasteiger partial charge in [-0.3, -0.25) is 14.4 Å². The van der Waals surface area contributed by atoms with Gasteiger partial charge in [-0.1, -0.05) is 30.0 Å². The number of hydrogen-bond donors (Lipinski definition) is 4. The SMILES string of the molecule is CCCNC(=O)c1ccc(-c2cc3cc(-c4c[nH]c(=O)c(ONSC(C)=O)c4)ccc3nc2N)cc1C. The lowest BCUT2D eigenvalue weighted by atomic mass is 9.97. The number of nitrogens with zero attached hydrogens (tertiary/aromatic N) is 1. The maximum Gasteiger partial charge on any atom is 0.292 e. The van der Waals surface area contributed by atoms with E-state index < -0.39 is 5.56 Å². The smallest absolute Gasteiger partial charge is 0.292 e. The first-order valence-electron chi connectivity index (χ1n) is 11.7. The molecule has 10 heteroatoms. The van der Waals surface area contributed by atoms with Gasteiger partial charge in [0, 0.05) is 53.7 Å². The van der Waals surface area contributed by atoms with Crippen LogP contribution in [0.5, 0.6) is 5.75 Å². The van der Waals surface area contributed by atoms with Crippen LogP contribution in [0.2, 0.25) is 0 Å². The van der Waals surface area contributed by atoms with Crippen LogP contribution in [0.25, 0.3) is 33.2 Å². The minimum atomic E-state index is -0.430. The number of carbonyl (C=O) groups excluding carboxylic acids is 2. The fourth-order valence-electron chi connectivity index (χ4n) is 3.85. The van der Waals surface area contributed by atoms with Gasteiger partial charge in [0.05, 0.1) is 5.52 Å². The first-order chi connectivity index (χ1) is 17.8. The van der Waals surface area contributed by atoms with Crippen molar-refractivity contribution in [2.75, 3.05) is 12.3 Å². The number of aryl methyl sites for hydroxylation is 1. The number of amides is 1. The second kappa shape index (κ2) is 11.3. The standard InChI is InChI=1S/C27H27N5O4S/c1-4-9-29-26(34)21-7-5-18(10-15(21)2)22-12-19-11-17(6-8-23(19)31-25(22)28)20-13-24(27(35)30-14-20)36-32-37-16(3)33/h5-8,10-14,32H,4,9H2,1-3H3,(H2,28,31)(H,29,34)(H,30,35). The number of nitrogen functional groups attached to an aromatic ring is 1. The molecule has 0 atom stereocenters. The highest BCUT2D eigenvalue weighted by molar-refractivity contribution is 8.11. The van der Waals surface area contributed by atoms with Gasteiger partial charge in [-0.25, -0.2) is 4.98 Å². The fourth-order valence-corrected chi connectivity index (χ4v) is 4.10. The first-order valence-corrected chi connectivity index (χ1v) is 12.5. The van der Waals surface area contributed by atoms with Crippen molar-refractivity contribution < 1.29 is 14.4 Å². The van der Waals surface area contributed by atoms with E-state index in [1.807, 2.05) is 50.2 Å². The molecule has 4 rings (SSSR count). The van der Waals surface area contributed by atoms with Gasteiger partial charge in [-0.2, -0.15) is 0 Å². The number of aromatic amines is 1. The normalized spacial score (nSPS) is 10.9. The predicted octanol–water partition coefficient (Wildman–Crippen LogP) is 4.37. The third-order valence-corrected chi connectivity index (χ3v) is 6.16. The van der Waals surface area contributed by atoms with Crippen LogP contribution in [-0.4, -0.2) is 27.5 Å². The van der Waals surface area contributed by atoms with Crippen LogP contribution >= 0.6 is 11.9 Å². The lowest BCUT2D eigenvalue weighted by molar-refractivity contribution is -0.109. The quantitative estimate of drug-likeness (QED) is 0.200. The summed E-state index contributed by atoms with van der Waals surface area (Å²) in [5.41, 5.74) is 11.2. The number of H-pyrrole nitrogens is 1. The Balaban J connectivity index is 1.67. The lowest BCUT2D eigenvalue weighted by Gasteiger charge is -2.12. The van der Waals surface area contributed by atoms with Crippen molar-refractivity contribution in [1.29, 1.82) is 0 Å². The first kappa shape index (κ1) is 25.9. The highest BCUT2D eigenvalue weighted by Gasteiger charge is 2.13. The molecule has 0 radical (unpaired) electrons. The highest BCUT2D eigenvalue weighted by Crippen LogP contribution is 2.32. The molecule has 2 heterocycles. The van der Waals surface area contributed by atoms with E-state index in [2.05, 4.69) is 20.2 Å². The monoisotopic (exact) mass is 517 g/mol. The van der Waals surface area contributed by atoms with Crippen molar-refractivity contribution in [2.24, 2.45) is 0 Å². The Hall–Kier alpha value is -4.15. The summed E-state index contributed by atoms with van der Waals surface area (Å²) in [4.78, 5) is 50.5. The Kier molecular flexibility index (Phi) is 7.90. The minimum Gasteiger partial charge on any atom is -0.392 e. The van der Waals surface area contributed by atoms with Crippen molar-refractivity contribution in [3.63, 3.8) is 0 Å². The van der Waals surface area contributed by atoms with Crippen molar-refractivity contribution >= 4 is 39.7 Å². The molecule has 0 aliphatic rings. The molecule has 2 aromatic heterocycles. The lowest BCUT2D eigenvalue weighted by Crippen LogP contribution is -2.24. The van der Waals surface area contributed by atoms with E-state index in [9.17, 15) is 14.4 Å². The molecule has 0 spiro atoms. The third kappa shape index (κ3) is 5.99. The van der Waals surface area contributed by atoms with Crippen molar-refractivity contribution in [2.45, 2.75) is 27.2 Å². The van der Waals surface area contributed by atoms with Crippen molar-refractivity contribution in [3.8, 4) is 28.0 Å². The molecule has 0 aliphatic heterocycles. The molecule has 0 saturated heterocycles. The van der Waals surface area contributed by atoms with Crippen LogP contribution in [0.15, 0.2) is 59.5 Å². The second-order valence-electron chi connectivity index (χ2n) is 8.48. The van der Waals surface area contributed by atoms with E-state index in [1.54, 1.807) is 18.3 Å². The van der Waals surface area contributed by atoms with E-state index in [1.165, 1.54) is 6.92 Å². The zero-order valence-electron chi connectivity index (χ0n) is 20.7. The maximum atomic E-state index is 12.4. The molecule has 5 N–H and O–H groups in total. The van der Waals surface area contributed by atoms with E-state index in [-0.39, 0.29) is 16.8 Å². The Morgan fingerprint density at radius 2 is 1.86 bits per heavy atom. The average molecular weight is 518 g/mol. The van der Waals surface area contributed by atoms with Crippen LogP contribution in [-0.2, 0) is 4.79 Å². The Morgan fingerprint density at radius 1 is 1.08 bits per heavy atom.